The van der Waals surface area contributed by atoms with Gasteiger partial charge in [0.25, 0.3) is 0 Å². The first kappa shape index (κ1) is 34.3. The van der Waals surface area contributed by atoms with Crippen molar-refractivity contribution in [2.45, 2.75) is 50.7 Å². The maximum atomic E-state index is 14.8. The van der Waals surface area contributed by atoms with Crippen molar-refractivity contribution in [3.8, 4) is 22.7 Å². The van der Waals surface area contributed by atoms with Crippen molar-refractivity contribution in [3.63, 3.8) is 0 Å². The van der Waals surface area contributed by atoms with E-state index in [1.54, 1.807) is 13.0 Å². The maximum Gasteiger partial charge on any atom is 0.429 e. The number of alkyl halides is 6. The summed E-state index contributed by atoms with van der Waals surface area (Å²) in [5.74, 6) is -1.42. The number of carboxylic acids is 1. The number of halogens is 7. The van der Waals surface area contributed by atoms with E-state index in [2.05, 4.69) is 20.4 Å². The van der Waals surface area contributed by atoms with Gasteiger partial charge in [-0.05, 0) is 67.0 Å². The van der Waals surface area contributed by atoms with E-state index in [1.165, 1.54) is 35.1 Å². The van der Waals surface area contributed by atoms with Gasteiger partial charge >= 0.3 is 18.3 Å². The van der Waals surface area contributed by atoms with Crippen LogP contribution in [0.25, 0.3) is 16.8 Å². The van der Waals surface area contributed by atoms with Gasteiger partial charge in [0, 0.05) is 37.5 Å². The number of rotatable bonds is 7. The first-order valence-corrected chi connectivity index (χ1v) is 15.5. The van der Waals surface area contributed by atoms with Crippen molar-refractivity contribution in [1.82, 2.24) is 25.1 Å². The molecule has 1 spiro atoms. The Balaban J connectivity index is 1.33. The standard InChI is InChI=1S/C32H30ClF6N7O3/c1-17-6-9-46(44-17)24-13-19(18-3-5-22(33)21(12-18)31(34,35)36)2-4-20(24)27(32(37,38)39)49-26-14-25(42-29(40)43-26)45-10-7-30(8-11-45)15-23(28(47)48)41-16-30/h2-6,9,12-14,23,27,41H,7-8,10-11,15-16H2,1H3,(H,47,48)(H2,40,42,43)/t23?,27-/m1/s1. The number of nitrogens with zero attached hydrogens (tertiary/aromatic N) is 5. The summed E-state index contributed by atoms with van der Waals surface area (Å²) < 4.78 is 92.0. The number of aliphatic carboxylic acids is 1. The van der Waals surface area contributed by atoms with Crippen LogP contribution in [0.15, 0.2) is 54.7 Å². The first-order valence-electron chi connectivity index (χ1n) is 15.1. The van der Waals surface area contributed by atoms with E-state index in [1.807, 2.05) is 4.90 Å². The molecule has 4 N–H and O–H groups in total. The molecule has 0 saturated carbocycles. The van der Waals surface area contributed by atoms with E-state index >= 15 is 0 Å². The predicted molar refractivity (Wildman–Crippen MR) is 168 cm³/mol. The van der Waals surface area contributed by atoms with Crippen LogP contribution in [0.5, 0.6) is 5.88 Å². The summed E-state index contributed by atoms with van der Waals surface area (Å²) in [5, 5.41) is 16.2. The van der Waals surface area contributed by atoms with Gasteiger partial charge in [-0.3, -0.25) is 4.79 Å². The van der Waals surface area contributed by atoms with E-state index in [9.17, 15) is 36.2 Å². The van der Waals surface area contributed by atoms with Gasteiger partial charge < -0.3 is 25.8 Å². The highest BCUT2D eigenvalue weighted by molar-refractivity contribution is 6.31. The molecule has 0 aliphatic carbocycles. The molecule has 1 unspecified atom stereocenters. The van der Waals surface area contributed by atoms with Gasteiger partial charge in [0.2, 0.25) is 17.9 Å². The van der Waals surface area contributed by atoms with Crippen LogP contribution in [0.1, 0.15) is 42.2 Å². The van der Waals surface area contributed by atoms with E-state index in [0.717, 1.165) is 18.2 Å². The molecule has 2 aliphatic heterocycles. The third kappa shape index (κ3) is 7.25. The SMILES string of the molecule is Cc1ccn(-c2cc(-c3ccc(Cl)c(C(F)(F)F)c3)ccc2[C@@H](Oc2cc(N3CCC4(CC3)CNC(C(=O)O)C4)nc(N)n2)C(F)(F)F)n1. The number of aryl methyl sites for hydroxylation is 1. The number of nitrogen functional groups attached to an aromatic ring is 1. The van der Waals surface area contributed by atoms with E-state index in [4.69, 9.17) is 22.1 Å². The maximum absolute atomic E-state index is 14.8. The lowest BCUT2D eigenvalue weighted by Gasteiger charge is -2.39. The number of carbonyl (C=O) groups is 1. The molecule has 2 saturated heterocycles. The van der Waals surface area contributed by atoms with Crippen LogP contribution < -0.4 is 20.7 Å². The second kappa shape index (κ2) is 12.7. The van der Waals surface area contributed by atoms with Gasteiger partial charge in [0.05, 0.1) is 22.0 Å². The number of ether oxygens (including phenoxy) is 1. The average molecular weight is 710 g/mol. The van der Waals surface area contributed by atoms with Crippen LogP contribution in [-0.2, 0) is 11.0 Å². The zero-order chi connectivity index (χ0) is 35.3. The minimum Gasteiger partial charge on any atom is -0.480 e. The Labute approximate surface area is 280 Å². The van der Waals surface area contributed by atoms with Crippen molar-refractivity contribution < 1.29 is 41.0 Å². The smallest absolute Gasteiger partial charge is 0.429 e. The second-order valence-corrected chi connectivity index (χ2v) is 12.7. The summed E-state index contributed by atoms with van der Waals surface area (Å²) >= 11 is 5.79. The topological polar surface area (TPSA) is 131 Å². The number of aromatic nitrogens is 4. The number of piperidine rings is 1. The molecule has 2 aromatic heterocycles. The molecular formula is C32H30ClF6N7O3. The zero-order valence-corrected chi connectivity index (χ0v) is 26.6. The molecule has 4 heterocycles. The predicted octanol–water partition coefficient (Wildman–Crippen LogP) is 6.61. The highest BCUT2D eigenvalue weighted by atomic mass is 35.5. The Morgan fingerprint density at radius 2 is 1.76 bits per heavy atom. The molecule has 0 amide bonds. The summed E-state index contributed by atoms with van der Waals surface area (Å²) in [6, 6.07) is 9.11. The fourth-order valence-electron chi connectivity index (χ4n) is 6.38. The molecule has 0 bridgehead atoms. The third-order valence-corrected chi connectivity index (χ3v) is 9.27. The van der Waals surface area contributed by atoms with Crippen molar-refractivity contribution in [2.24, 2.45) is 5.41 Å². The quantitative estimate of drug-likeness (QED) is 0.182. The summed E-state index contributed by atoms with van der Waals surface area (Å²) in [6.07, 6.45) is -9.18. The Bertz CT molecular complexity index is 1870. The normalized spacial score (nSPS) is 18.5. The number of hydrogen-bond donors (Lipinski definition) is 3. The van der Waals surface area contributed by atoms with E-state index in [-0.39, 0.29) is 39.6 Å². The number of hydrogen-bond acceptors (Lipinski definition) is 8. The largest absolute Gasteiger partial charge is 0.480 e. The van der Waals surface area contributed by atoms with Crippen LogP contribution in [0.2, 0.25) is 5.02 Å². The molecule has 17 heteroatoms. The van der Waals surface area contributed by atoms with Crippen molar-refractivity contribution >= 4 is 29.3 Å². The molecule has 260 valence electrons. The van der Waals surface area contributed by atoms with Crippen molar-refractivity contribution in [2.75, 3.05) is 30.3 Å². The van der Waals surface area contributed by atoms with Crippen LogP contribution in [-0.4, -0.2) is 62.7 Å². The fraction of sp³-hybridized carbons (Fsp3) is 0.375. The number of nitrogens with two attached hydrogens (primary N) is 1. The Morgan fingerprint density at radius 1 is 1.06 bits per heavy atom. The minimum absolute atomic E-state index is 0.0706. The molecule has 6 rings (SSSR count). The number of nitrogens with one attached hydrogen (secondary N) is 1. The summed E-state index contributed by atoms with van der Waals surface area (Å²) in [4.78, 5) is 21.4. The average Bonchev–Trinajstić information content (AvgIpc) is 3.65. The lowest BCUT2D eigenvalue weighted by molar-refractivity contribution is -0.198. The monoisotopic (exact) mass is 709 g/mol. The van der Waals surface area contributed by atoms with Crippen LogP contribution >= 0.6 is 11.6 Å². The molecule has 10 nitrogen and oxygen atoms in total. The van der Waals surface area contributed by atoms with Crippen molar-refractivity contribution in [3.05, 3.63) is 76.6 Å². The molecule has 0 radical (unpaired) electrons. The zero-order valence-electron chi connectivity index (χ0n) is 25.8. The Kier molecular flexibility index (Phi) is 8.90. The van der Waals surface area contributed by atoms with Crippen LogP contribution in [0.4, 0.5) is 38.1 Å². The lowest BCUT2D eigenvalue weighted by atomic mass is 9.76. The molecule has 2 aromatic carbocycles. The summed E-state index contributed by atoms with van der Waals surface area (Å²) in [5.41, 5.74) is 4.88. The van der Waals surface area contributed by atoms with Gasteiger partial charge in [-0.1, -0.05) is 29.8 Å². The molecule has 2 atom stereocenters. The van der Waals surface area contributed by atoms with Gasteiger partial charge in [-0.2, -0.15) is 41.4 Å². The molecular weight excluding hydrogens is 680 g/mol. The van der Waals surface area contributed by atoms with E-state index < -0.39 is 46.9 Å². The molecule has 2 fully saturated rings. The summed E-state index contributed by atoms with van der Waals surface area (Å²) in [7, 11) is 0. The van der Waals surface area contributed by atoms with Gasteiger partial charge in [-0.15, -0.1) is 0 Å². The Hall–Kier alpha value is -4.57. The number of anilines is 2. The van der Waals surface area contributed by atoms with Gasteiger partial charge in [-0.25, -0.2) is 4.68 Å². The minimum atomic E-state index is -4.99. The Morgan fingerprint density at radius 3 is 2.37 bits per heavy atom. The third-order valence-electron chi connectivity index (χ3n) is 8.94. The van der Waals surface area contributed by atoms with E-state index in [0.29, 0.717) is 44.6 Å². The van der Waals surface area contributed by atoms with Crippen LogP contribution in [0, 0.1) is 12.3 Å². The number of carboxylic acid groups (broad SMARTS) is 1. The summed E-state index contributed by atoms with van der Waals surface area (Å²) in [6.45, 7) is 3.09. The highest BCUT2D eigenvalue weighted by Crippen LogP contribution is 2.43. The van der Waals surface area contributed by atoms with Gasteiger partial charge in [0.15, 0.2) is 0 Å². The lowest BCUT2D eigenvalue weighted by Crippen LogP contribution is -2.41. The fourth-order valence-corrected chi connectivity index (χ4v) is 6.60. The molecule has 49 heavy (non-hydrogen) atoms. The molecule has 4 aromatic rings. The first-order chi connectivity index (χ1) is 23.0. The van der Waals surface area contributed by atoms with Gasteiger partial charge in [0.1, 0.15) is 11.9 Å². The van der Waals surface area contributed by atoms with Crippen molar-refractivity contribution in [1.29, 1.82) is 0 Å². The second-order valence-electron chi connectivity index (χ2n) is 12.3. The number of benzene rings is 2. The highest BCUT2D eigenvalue weighted by Gasteiger charge is 2.46. The van der Waals surface area contributed by atoms with Crippen LogP contribution in [0.3, 0.4) is 0 Å². The molecule has 2 aliphatic rings.